The molecule has 0 bridgehead atoms. The molecule has 0 aliphatic rings. The van der Waals surface area contributed by atoms with E-state index in [4.69, 9.17) is 34.5 Å². The molecule has 7 heteroatoms. The Morgan fingerprint density at radius 1 is 0.780 bits per heavy atom. The van der Waals surface area contributed by atoms with Gasteiger partial charge in [-0.2, -0.15) is 0 Å². The van der Waals surface area contributed by atoms with Gasteiger partial charge in [-0.05, 0) is 90.7 Å². The van der Waals surface area contributed by atoms with E-state index in [1.165, 1.54) is 5.57 Å². The molecule has 0 aliphatic heterocycles. The highest BCUT2D eigenvalue weighted by molar-refractivity contribution is 6.77. The summed E-state index contributed by atoms with van der Waals surface area (Å²) in [4.78, 5) is 0. The van der Waals surface area contributed by atoms with E-state index in [2.05, 4.69) is 93.4 Å². The van der Waals surface area contributed by atoms with Crippen LogP contribution in [0.3, 0.4) is 0 Å². The number of hydrogen-bond donors (Lipinski definition) is 0. The smallest absolute Gasteiger partial charge is 0.200 e. The molecule has 0 heterocycles. The second-order valence-corrected chi connectivity index (χ2v) is 20.7. The lowest BCUT2D eigenvalue weighted by Crippen LogP contribution is -2.48. The number of ether oxygens (including phenoxy) is 5. The average molecular weight is 709 g/mol. The first kappa shape index (κ1) is 43.6. The minimum Gasteiger partial charge on any atom is -0.497 e. The summed E-state index contributed by atoms with van der Waals surface area (Å²) in [6.07, 6.45) is 10.2. The predicted molar refractivity (Wildman–Crippen MR) is 210 cm³/mol. The van der Waals surface area contributed by atoms with Crippen LogP contribution in [0.5, 0.6) is 11.5 Å². The first-order valence-electron chi connectivity index (χ1n) is 18.5. The molecule has 0 aromatic heterocycles. The zero-order chi connectivity index (χ0) is 37.5. The quantitative estimate of drug-likeness (QED) is 0.0651. The third-order valence-electron chi connectivity index (χ3n) is 10.5. The number of rotatable bonds is 23. The molecule has 0 aliphatic carbocycles. The summed E-state index contributed by atoms with van der Waals surface area (Å²) < 4.78 is 37.2. The Hall–Kier alpha value is -2.60. The van der Waals surface area contributed by atoms with Gasteiger partial charge in [0.15, 0.2) is 8.32 Å². The molecule has 4 atom stereocenters. The van der Waals surface area contributed by atoms with Crippen LogP contribution in [0, 0.1) is 23.7 Å². The predicted octanol–water partition coefficient (Wildman–Crippen LogP) is 10.8. The van der Waals surface area contributed by atoms with Gasteiger partial charge in [-0.3, -0.25) is 0 Å². The van der Waals surface area contributed by atoms with Crippen molar-refractivity contribution in [3.63, 3.8) is 0 Å². The van der Waals surface area contributed by atoms with Gasteiger partial charge >= 0.3 is 0 Å². The van der Waals surface area contributed by atoms with Gasteiger partial charge < -0.3 is 28.1 Å². The molecule has 2 rings (SSSR count). The SMILES string of the molecule is C#CC(C)(C)[C@H](C[C@@H](C[C@H](OCc1ccc(OC)cc1)/C(C)=C\[C@H](CC)CO[Si](C(C)C)(C(C)C)C(C)C)OC)OCc1ccc(OC)cc1. The molecule has 0 amide bonds. The van der Waals surface area contributed by atoms with Gasteiger partial charge in [-0.15, -0.1) is 6.42 Å². The highest BCUT2D eigenvalue weighted by atomic mass is 28.4. The van der Waals surface area contributed by atoms with Gasteiger partial charge in [0.25, 0.3) is 0 Å². The van der Waals surface area contributed by atoms with Crippen molar-refractivity contribution in [3.8, 4) is 23.8 Å². The largest absolute Gasteiger partial charge is 0.497 e. The number of hydrogen-bond acceptors (Lipinski definition) is 6. The molecule has 2 aromatic carbocycles. The summed E-state index contributed by atoms with van der Waals surface area (Å²) in [7, 11) is 3.13. The Balaban J connectivity index is 2.35. The standard InChI is InChI=1S/C43H68O6Si/c1-15-35(30-49-50(31(3)4,32(5)6)33(7)8)25-34(9)41(47-28-36-17-21-38(44-12)22-18-36)26-40(46-14)27-42(43(10,11)16-2)48-29-37-19-23-39(45-13)24-20-37/h2,17-25,31-33,35,40-42H,15,26-30H2,1,3-14H3/b34-25-/t35-,40+,41-,42-/m0/s1. The maximum atomic E-state index is 7.05. The van der Waals surface area contributed by atoms with E-state index in [-0.39, 0.29) is 24.2 Å². The molecule has 0 radical (unpaired) electrons. The van der Waals surface area contributed by atoms with Crippen molar-refractivity contribution in [3.05, 3.63) is 71.3 Å². The Labute approximate surface area is 306 Å². The molecule has 0 spiro atoms. The lowest BCUT2D eigenvalue weighted by Gasteiger charge is -2.43. The van der Waals surface area contributed by atoms with E-state index >= 15 is 0 Å². The summed E-state index contributed by atoms with van der Waals surface area (Å²) in [5.41, 5.74) is 4.46. The third kappa shape index (κ3) is 12.6. The van der Waals surface area contributed by atoms with E-state index in [0.717, 1.165) is 35.7 Å². The van der Waals surface area contributed by atoms with Crippen LogP contribution >= 0.6 is 0 Å². The lowest BCUT2D eigenvalue weighted by molar-refractivity contribution is -0.0623. The first-order chi connectivity index (χ1) is 23.7. The van der Waals surface area contributed by atoms with Crippen molar-refractivity contribution in [1.82, 2.24) is 0 Å². The molecule has 50 heavy (non-hydrogen) atoms. The summed E-state index contributed by atoms with van der Waals surface area (Å²) in [5.74, 6) is 4.90. The fourth-order valence-electron chi connectivity index (χ4n) is 7.17. The van der Waals surface area contributed by atoms with E-state index in [9.17, 15) is 0 Å². The minimum atomic E-state index is -1.99. The average Bonchev–Trinajstić information content (AvgIpc) is 3.10. The van der Waals surface area contributed by atoms with Crippen molar-refractivity contribution in [1.29, 1.82) is 0 Å². The Kier molecular flexibility index (Phi) is 18.3. The van der Waals surface area contributed by atoms with Gasteiger partial charge in [0.1, 0.15) is 11.5 Å². The van der Waals surface area contributed by atoms with Crippen LogP contribution in [0.15, 0.2) is 60.2 Å². The van der Waals surface area contributed by atoms with E-state index in [1.54, 1.807) is 21.3 Å². The van der Waals surface area contributed by atoms with Crippen LogP contribution in [0.2, 0.25) is 16.6 Å². The fraction of sp³-hybridized carbons (Fsp3) is 0.628. The lowest BCUT2D eigenvalue weighted by atomic mass is 9.83. The van der Waals surface area contributed by atoms with Crippen LogP contribution in [-0.4, -0.2) is 54.6 Å². The van der Waals surface area contributed by atoms with Gasteiger partial charge in [0.05, 0.1) is 51.2 Å². The molecule has 0 saturated carbocycles. The van der Waals surface area contributed by atoms with Crippen LogP contribution < -0.4 is 9.47 Å². The van der Waals surface area contributed by atoms with E-state index in [1.807, 2.05) is 36.4 Å². The van der Waals surface area contributed by atoms with Crippen molar-refractivity contribution in [2.45, 2.75) is 137 Å². The maximum Gasteiger partial charge on any atom is 0.200 e. The Morgan fingerprint density at radius 2 is 1.26 bits per heavy atom. The molecule has 280 valence electrons. The molecular formula is C43H68O6Si. The van der Waals surface area contributed by atoms with Crippen LogP contribution in [0.25, 0.3) is 0 Å². The topological polar surface area (TPSA) is 55.4 Å². The summed E-state index contributed by atoms with van der Waals surface area (Å²) in [6, 6.07) is 16.0. The van der Waals surface area contributed by atoms with Gasteiger partial charge in [0, 0.05) is 26.6 Å². The third-order valence-corrected chi connectivity index (χ3v) is 16.6. The van der Waals surface area contributed by atoms with E-state index < -0.39 is 13.7 Å². The second-order valence-electron chi connectivity index (χ2n) is 15.2. The van der Waals surface area contributed by atoms with Crippen LogP contribution in [-0.2, 0) is 31.9 Å². The first-order valence-corrected chi connectivity index (χ1v) is 20.6. The Morgan fingerprint density at radius 3 is 1.66 bits per heavy atom. The van der Waals surface area contributed by atoms with Gasteiger partial charge in [0.2, 0.25) is 0 Å². The monoisotopic (exact) mass is 708 g/mol. The molecule has 0 N–H and O–H groups in total. The van der Waals surface area contributed by atoms with Gasteiger partial charge in [-0.1, -0.05) is 84.7 Å². The van der Waals surface area contributed by atoms with Crippen molar-refractivity contribution < 1.29 is 28.1 Å². The minimum absolute atomic E-state index is 0.146. The molecule has 0 unspecified atom stereocenters. The van der Waals surface area contributed by atoms with Crippen LogP contribution in [0.4, 0.5) is 0 Å². The van der Waals surface area contributed by atoms with Gasteiger partial charge in [-0.25, -0.2) is 0 Å². The highest BCUT2D eigenvalue weighted by Crippen LogP contribution is 2.42. The number of benzene rings is 2. The summed E-state index contributed by atoms with van der Waals surface area (Å²) >= 11 is 0. The maximum absolute atomic E-state index is 7.05. The Bertz CT molecular complexity index is 1290. The molecular weight excluding hydrogens is 641 g/mol. The molecule has 0 saturated heterocycles. The van der Waals surface area contributed by atoms with Crippen molar-refractivity contribution >= 4 is 8.32 Å². The van der Waals surface area contributed by atoms with Crippen molar-refractivity contribution in [2.24, 2.45) is 11.3 Å². The molecule has 6 nitrogen and oxygen atoms in total. The van der Waals surface area contributed by atoms with Crippen molar-refractivity contribution in [2.75, 3.05) is 27.9 Å². The fourth-order valence-corrected chi connectivity index (χ4v) is 12.7. The molecule has 2 aromatic rings. The van der Waals surface area contributed by atoms with E-state index in [0.29, 0.717) is 42.7 Å². The zero-order valence-corrected chi connectivity index (χ0v) is 34.5. The number of terminal acetylenes is 1. The summed E-state index contributed by atoms with van der Waals surface area (Å²) in [5, 5.41) is 0. The zero-order valence-electron chi connectivity index (χ0n) is 33.5. The second kappa shape index (κ2) is 21.1. The highest BCUT2D eigenvalue weighted by Gasteiger charge is 2.45. The normalized spacial score (nSPS) is 15.2. The number of methoxy groups -OCH3 is 3. The van der Waals surface area contributed by atoms with Crippen LogP contribution in [0.1, 0.15) is 99.6 Å². The molecule has 0 fully saturated rings. The summed E-state index contributed by atoms with van der Waals surface area (Å²) in [6.45, 7) is 24.3.